The Balaban J connectivity index is 1.76. The first-order valence-electron chi connectivity index (χ1n) is 8.60. The van der Waals surface area contributed by atoms with Crippen molar-refractivity contribution in [1.29, 1.82) is 0 Å². The number of benzene rings is 1. The van der Waals surface area contributed by atoms with Gasteiger partial charge in [-0.05, 0) is 24.8 Å². The summed E-state index contributed by atoms with van der Waals surface area (Å²) in [5.41, 5.74) is -1.30. The van der Waals surface area contributed by atoms with Crippen molar-refractivity contribution in [1.82, 2.24) is 5.32 Å². The van der Waals surface area contributed by atoms with Crippen molar-refractivity contribution >= 4 is 18.0 Å². The van der Waals surface area contributed by atoms with E-state index in [1.807, 2.05) is 0 Å². The smallest absolute Gasteiger partial charge is 0.408 e. The molecule has 0 bridgehead atoms. The van der Waals surface area contributed by atoms with Crippen LogP contribution < -0.4 is 5.32 Å². The van der Waals surface area contributed by atoms with Crippen molar-refractivity contribution in [3.8, 4) is 0 Å². The normalized spacial score (nSPS) is 28.0. The maximum atomic E-state index is 13.7. The molecular formula is C19H20FNO6. The van der Waals surface area contributed by atoms with E-state index in [1.54, 1.807) is 6.07 Å². The standard InChI is InChI=1S/C19H20FNO6/c1-2-9-26-18(25)21-19(8-7-12-14(15(12)19)16(22)23)17(24)27-10-11-5-3-4-6-13(11)20/h2-6,12,14-15H,1,7-10H2,(H,21,25)(H,22,23). The van der Waals surface area contributed by atoms with Crippen LogP contribution in [-0.4, -0.2) is 35.3 Å². The molecule has 0 spiro atoms. The number of carbonyl (C=O) groups is 3. The monoisotopic (exact) mass is 377 g/mol. The Morgan fingerprint density at radius 2 is 2.07 bits per heavy atom. The molecule has 0 saturated heterocycles. The molecule has 2 N–H and O–H groups in total. The van der Waals surface area contributed by atoms with Crippen LogP contribution in [0.2, 0.25) is 0 Å². The lowest BCUT2D eigenvalue weighted by Crippen LogP contribution is -2.56. The summed E-state index contributed by atoms with van der Waals surface area (Å²) in [6, 6.07) is 5.86. The van der Waals surface area contributed by atoms with E-state index < -0.39 is 41.2 Å². The Bertz CT molecular complexity index is 781. The molecule has 0 aliphatic heterocycles. The molecule has 1 aromatic carbocycles. The Kier molecular flexibility index (Phi) is 5.16. The van der Waals surface area contributed by atoms with E-state index in [4.69, 9.17) is 9.47 Å². The maximum Gasteiger partial charge on any atom is 0.408 e. The van der Waals surface area contributed by atoms with Gasteiger partial charge in [0.05, 0.1) is 5.92 Å². The summed E-state index contributed by atoms with van der Waals surface area (Å²) in [6.45, 7) is 3.07. The second kappa shape index (κ2) is 7.38. The number of carboxylic acids is 1. The number of aliphatic carboxylic acids is 1. The van der Waals surface area contributed by atoms with Gasteiger partial charge in [-0.3, -0.25) is 4.79 Å². The van der Waals surface area contributed by atoms with Crippen LogP contribution >= 0.6 is 0 Å². The first-order chi connectivity index (χ1) is 12.9. The zero-order valence-electron chi connectivity index (χ0n) is 14.5. The summed E-state index contributed by atoms with van der Waals surface area (Å²) < 4.78 is 23.9. The molecule has 0 radical (unpaired) electrons. The van der Waals surface area contributed by atoms with Crippen LogP contribution in [0.1, 0.15) is 18.4 Å². The van der Waals surface area contributed by atoms with Crippen LogP contribution in [0, 0.1) is 23.6 Å². The van der Waals surface area contributed by atoms with Gasteiger partial charge in [0.15, 0.2) is 0 Å². The quantitative estimate of drug-likeness (QED) is 0.558. The van der Waals surface area contributed by atoms with Crippen molar-refractivity contribution in [2.75, 3.05) is 6.61 Å². The van der Waals surface area contributed by atoms with Crippen LogP contribution in [-0.2, 0) is 25.7 Å². The molecule has 3 rings (SSSR count). The van der Waals surface area contributed by atoms with Crippen LogP contribution in [0.4, 0.5) is 9.18 Å². The molecule has 1 aromatic rings. The van der Waals surface area contributed by atoms with E-state index in [9.17, 15) is 23.9 Å². The molecule has 4 unspecified atom stereocenters. The molecule has 144 valence electrons. The summed E-state index contributed by atoms with van der Waals surface area (Å²) >= 11 is 0. The largest absolute Gasteiger partial charge is 0.481 e. The number of rotatable bonds is 7. The Labute approximate surface area is 155 Å². The third kappa shape index (κ3) is 3.51. The fourth-order valence-electron chi connectivity index (χ4n) is 3.98. The second-order valence-corrected chi connectivity index (χ2v) is 6.74. The summed E-state index contributed by atoms with van der Waals surface area (Å²) in [5, 5.41) is 11.8. The SMILES string of the molecule is C=CCOC(=O)NC1(C(=O)OCc2ccccc2F)CCC2C(C(=O)O)C21. The van der Waals surface area contributed by atoms with E-state index in [0.717, 1.165) is 0 Å². The topological polar surface area (TPSA) is 102 Å². The van der Waals surface area contributed by atoms with E-state index in [2.05, 4.69) is 11.9 Å². The molecular weight excluding hydrogens is 357 g/mol. The van der Waals surface area contributed by atoms with Gasteiger partial charge in [0.25, 0.3) is 0 Å². The number of hydrogen-bond acceptors (Lipinski definition) is 5. The molecule has 0 aromatic heterocycles. The summed E-state index contributed by atoms with van der Waals surface area (Å²) in [6.07, 6.45) is 1.23. The van der Waals surface area contributed by atoms with Gasteiger partial charge in [-0.15, -0.1) is 0 Å². The van der Waals surface area contributed by atoms with Gasteiger partial charge in [-0.1, -0.05) is 30.9 Å². The van der Waals surface area contributed by atoms with Crippen molar-refractivity contribution in [2.45, 2.75) is 25.0 Å². The highest BCUT2D eigenvalue weighted by molar-refractivity contribution is 5.90. The number of halogens is 1. The van der Waals surface area contributed by atoms with E-state index in [0.29, 0.717) is 6.42 Å². The summed E-state index contributed by atoms with van der Waals surface area (Å²) in [7, 11) is 0. The molecule has 8 heteroatoms. The first kappa shape index (κ1) is 18.9. The Hall–Kier alpha value is -2.90. The molecule has 0 heterocycles. The number of fused-ring (bicyclic) bond motifs is 1. The molecule has 4 atom stereocenters. The van der Waals surface area contributed by atoms with Crippen molar-refractivity contribution < 1.29 is 33.4 Å². The maximum absolute atomic E-state index is 13.7. The van der Waals surface area contributed by atoms with Gasteiger partial charge >= 0.3 is 18.0 Å². The minimum absolute atomic E-state index is 0.0529. The predicted molar refractivity (Wildman–Crippen MR) is 90.9 cm³/mol. The van der Waals surface area contributed by atoms with E-state index in [1.165, 1.54) is 24.3 Å². The number of nitrogens with one attached hydrogen (secondary N) is 1. The third-order valence-corrected chi connectivity index (χ3v) is 5.23. The molecule has 1 amide bonds. The predicted octanol–water partition coefficient (Wildman–Crippen LogP) is 2.26. The minimum Gasteiger partial charge on any atom is -0.481 e. The lowest BCUT2D eigenvalue weighted by molar-refractivity contribution is -0.154. The summed E-state index contributed by atoms with van der Waals surface area (Å²) in [4.78, 5) is 36.3. The zero-order valence-corrected chi connectivity index (χ0v) is 14.5. The number of alkyl carbamates (subject to hydrolysis) is 1. The number of carboxylic acid groups (broad SMARTS) is 1. The highest BCUT2D eigenvalue weighted by atomic mass is 19.1. The Morgan fingerprint density at radius 3 is 2.70 bits per heavy atom. The van der Waals surface area contributed by atoms with Crippen LogP contribution in [0.3, 0.4) is 0 Å². The average molecular weight is 377 g/mol. The number of amides is 1. The molecule has 2 aliphatic rings. The molecule has 2 saturated carbocycles. The van der Waals surface area contributed by atoms with Gasteiger partial charge in [0, 0.05) is 11.5 Å². The first-order valence-corrected chi connectivity index (χ1v) is 8.60. The Morgan fingerprint density at radius 1 is 1.33 bits per heavy atom. The van der Waals surface area contributed by atoms with Crippen molar-refractivity contribution in [3.63, 3.8) is 0 Å². The van der Waals surface area contributed by atoms with Gasteiger partial charge in [-0.25, -0.2) is 14.0 Å². The number of esters is 1. The number of ether oxygens (including phenoxy) is 2. The van der Waals surface area contributed by atoms with Gasteiger partial charge in [-0.2, -0.15) is 0 Å². The fraction of sp³-hybridized carbons (Fsp3) is 0.421. The molecule has 2 aliphatic carbocycles. The minimum atomic E-state index is -1.49. The average Bonchev–Trinajstić information content (AvgIpc) is 3.28. The summed E-state index contributed by atoms with van der Waals surface area (Å²) in [5.74, 6) is -3.81. The van der Waals surface area contributed by atoms with E-state index in [-0.39, 0.29) is 31.1 Å². The van der Waals surface area contributed by atoms with Crippen molar-refractivity contribution in [2.24, 2.45) is 17.8 Å². The molecule has 2 fully saturated rings. The molecule has 27 heavy (non-hydrogen) atoms. The lowest BCUT2D eigenvalue weighted by Gasteiger charge is -2.30. The van der Waals surface area contributed by atoms with Gasteiger partial charge in [0.1, 0.15) is 24.6 Å². The van der Waals surface area contributed by atoms with Crippen molar-refractivity contribution in [3.05, 3.63) is 48.3 Å². The van der Waals surface area contributed by atoms with Crippen LogP contribution in [0.5, 0.6) is 0 Å². The number of carbonyl (C=O) groups excluding carboxylic acids is 2. The number of hydrogen-bond donors (Lipinski definition) is 2. The van der Waals surface area contributed by atoms with Gasteiger partial charge in [0.2, 0.25) is 0 Å². The molecule has 7 nitrogen and oxygen atoms in total. The third-order valence-electron chi connectivity index (χ3n) is 5.23. The fourth-order valence-corrected chi connectivity index (χ4v) is 3.98. The van der Waals surface area contributed by atoms with Crippen LogP contribution in [0.15, 0.2) is 36.9 Å². The van der Waals surface area contributed by atoms with Gasteiger partial charge < -0.3 is 19.9 Å². The highest BCUT2D eigenvalue weighted by Gasteiger charge is 2.72. The lowest BCUT2D eigenvalue weighted by atomic mass is 9.90. The highest BCUT2D eigenvalue weighted by Crippen LogP contribution is 2.62. The van der Waals surface area contributed by atoms with E-state index >= 15 is 0 Å². The second-order valence-electron chi connectivity index (χ2n) is 6.74. The zero-order chi connectivity index (χ0) is 19.6. The van der Waals surface area contributed by atoms with Crippen LogP contribution in [0.25, 0.3) is 0 Å².